The van der Waals surface area contributed by atoms with Crippen LogP contribution in [0.5, 0.6) is 0 Å². The van der Waals surface area contributed by atoms with Crippen LogP contribution in [0.25, 0.3) is 0 Å². The first kappa shape index (κ1) is 18.9. The zero-order chi connectivity index (χ0) is 18.1. The summed E-state index contributed by atoms with van der Waals surface area (Å²) in [7, 11) is 0. The van der Waals surface area contributed by atoms with Crippen molar-refractivity contribution in [2.24, 2.45) is 5.92 Å². The molecule has 5 heteroatoms. The number of amides is 2. The van der Waals surface area contributed by atoms with Crippen molar-refractivity contribution in [2.45, 2.75) is 38.8 Å². The number of rotatable bonds is 8. The first-order valence-electron chi connectivity index (χ1n) is 8.84. The maximum absolute atomic E-state index is 12.3. The fraction of sp³-hybridized carbons (Fsp3) is 0.400. The molecule has 134 valence electrons. The fourth-order valence-electron chi connectivity index (χ4n) is 2.90. The molecule has 3 N–H and O–H groups in total. The van der Waals surface area contributed by atoms with E-state index in [0.717, 1.165) is 24.1 Å². The Kier molecular flexibility index (Phi) is 7.41. The maximum Gasteiger partial charge on any atom is 0.315 e. The molecule has 5 nitrogen and oxygen atoms in total. The summed E-state index contributed by atoms with van der Waals surface area (Å²) in [5.41, 5.74) is 1.72. The molecule has 2 unspecified atom stereocenters. The number of nitrogens with one attached hydrogen (secondary N) is 2. The first-order chi connectivity index (χ1) is 12.2. The van der Waals surface area contributed by atoms with Crippen molar-refractivity contribution >= 4 is 6.03 Å². The number of aromatic nitrogens is 1. The van der Waals surface area contributed by atoms with E-state index < -0.39 is 6.10 Å². The van der Waals surface area contributed by atoms with E-state index in [1.807, 2.05) is 62.4 Å². The Morgan fingerprint density at radius 2 is 1.76 bits per heavy atom. The molecule has 0 spiro atoms. The molecule has 1 aromatic heterocycles. The summed E-state index contributed by atoms with van der Waals surface area (Å²) < 4.78 is 0. The van der Waals surface area contributed by atoms with Crippen molar-refractivity contribution in [3.05, 3.63) is 66.0 Å². The number of carbonyl (C=O) groups excluding carboxylic acids is 1. The Balaban J connectivity index is 2.03. The number of hydrogen-bond acceptors (Lipinski definition) is 3. The van der Waals surface area contributed by atoms with Gasteiger partial charge in [0.1, 0.15) is 0 Å². The van der Waals surface area contributed by atoms with Gasteiger partial charge in [-0.25, -0.2) is 4.79 Å². The van der Waals surface area contributed by atoms with Crippen LogP contribution in [-0.2, 0) is 0 Å². The number of nitrogens with zero attached hydrogens (tertiary/aromatic N) is 1. The van der Waals surface area contributed by atoms with Gasteiger partial charge in [0.05, 0.1) is 17.8 Å². The third-order valence-electron chi connectivity index (χ3n) is 4.46. The molecule has 0 saturated carbocycles. The number of aliphatic hydroxyl groups is 1. The van der Waals surface area contributed by atoms with Gasteiger partial charge >= 0.3 is 6.03 Å². The van der Waals surface area contributed by atoms with Gasteiger partial charge in [-0.15, -0.1) is 0 Å². The highest BCUT2D eigenvalue weighted by atomic mass is 16.3. The maximum atomic E-state index is 12.3. The SMILES string of the molecule is CCC(CC)C(O)CNC(=O)NC(c1ccccc1)c1ccccn1. The summed E-state index contributed by atoms with van der Waals surface area (Å²) in [4.78, 5) is 16.7. The van der Waals surface area contributed by atoms with Crippen molar-refractivity contribution in [1.82, 2.24) is 15.6 Å². The lowest BCUT2D eigenvalue weighted by atomic mass is 9.97. The molecule has 2 rings (SSSR count). The van der Waals surface area contributed by atoms with Crippen LogP contribution in [0.15, 0.2) is 54.7 Å². The molecule has 0 saturated heterocycles. The van der Waals surface area contributed by atoms with Crippen LogP contribution in [0.2, 0.25) is 0 Å². The molecule has 0 aliphatic rings. The van der Waals surface area contributed by atoms with E-state index in [4.69, 9.17) is 0 Å². The van der Waals surface area contributed by atoms with Crippen molar-refractivity contribution in [3.63, 3.8) is 0 Å². The Morgan fingerprint density at radius 3 is 2.36 bits per heavy atom. The Morgan fingerprint density at radius 1 is 1.08 bits per heavy atom. The second kappa shape index (κ2) is 9.79. The first-order valence-corrected chi connectivity index (χ1v) is 8.84. The van der Waals surface area contributed by atoms with E-state index in [1.165, 1.54) is 0 Å². The van der Waals surface area contributed by atoms with Gasteiger partial charge in [-0.3, -0.25) is 4.98 Å². The van der Waals surface area contributed by atoms with Crippen LogP contribution in [-0.4, -0.2) is 28.8 Å². The van der Waals surface area contributed by atoms with Gasteiger partial charge < -0.3 is 15.7 Å². The predicted molar refractivity (Wildman–Crippen MR) is 99.1 cm³/mol. The van der Waals surface area contributed by atoms with E-state index in [1.54, 1.807) is 6.20 Å². The van der Waals surface area contributed by atoms with Crippen LogP contribution >= 0.6 is 0 Å². The quantitative estimate of drug-likeness (QED) is 0.690. The number of hydrogen-bond donors (Lipinski definition) is 3. The standard InChI is InChI=1S/C20H27N3O2/c1-3-15(4-2)18(24)14-22-20(25)23-19(16-10-6-5-7-11-16)17-12-8-9-13-21-17/h5-13,15,18-19,24H,3-4,14H2,1-2H3,(H2,22,23,25). The highest BCUT2D eigenvalue weighted by molar-refractivity contribution is 5.75. The largest absolute Gasteiger partial charge is 0.391 e. The number of benzene rings is 1. The topological polar surface area (TPSA) is 74.2 Å². The zero-order valence-corrected chi connectivity index (χ0v) is 14.9. The van der Waals surface area contributed by atoms with Gasteiger partial charge in [-0.05, 0) is 23.6 Å². The number of pyridine rings is 1. The Hall–Kier alpha value is -2.40. The lowest BCUT2D eigenvalue weighted by molar-refractivity contribution is 0.103. The third-order valence-corrected chi connectivity index (χ3v) is 4.46. The highest BCUT2D eigenvalue weighted by Crippen LogP contribution is 2.19. The predicted octanol–water partition coefficient (Wildman–Crippen LogP) is 3.27. The Bertz CT molecular complexity index is 590. The summed E-state index contributed by atoms with van der Waals surface area (Å²) in [6, 6.07) is 14.7. The van der Waals surface area contributed by atoms with Gasteiger partial charge in [-0.1, -0.05) is 63.1 Å². The van der Waals surface area contributed by atoms with E-state index in [9.17, 15) is 9.90 Å². The van der Waals surface area contributed by atoms with E-state index in [-0.39, 0.29) is 24.5 Å². The molecule has 1 heterocycles. The molecule has 2 amide bonds. The van der Waals surface area contributed by atoms with Crippen LogP contribution in [0.3, 0.4) is 0 Å². The van der Waals surface area contributed by atoms with E-state index in [2.05, 4.69) is 15.6 Å². The summed E-state index contributed by atoms with van der Waals surface area (Å²) in [6.07, 6.45) is 2.95. The zero-order valence-electron chi connectivity index (χ0n) is 14.9. The third kappa shape index (κ3) is 5.57. The average Bonchev–Trinajstić information content (AvgIpc) is 2.67. The number of urea groups is 1. The molecule has 0 bridgehead atoms. The molecule has 0 aliphatic carbocycles. The van der Waals surface area contributed by atoms with Gasteiger partial charge in [0, 0.05) is 12.7 Å². The summed E-state index contributed by atoms with van der Waals surface area (Å²) in [5, 5.41) is 15.9. The second-order valence-electron chi connectivity index (χ2n) is 6.10. The van der Waals surface area contributed by atoms with Gasteiger partial charge in [-0.2, -0.15) is 0 Å². The minimum Gasteiger partial charge on any atom is -0.391 e. The fourth-order valence-corrected chi connectivity index (χ4v) is 2.90. The molecule has 0 radical (unpaired) electrons. The lowest BCUT2D eigenvalue weighted by Crippen LogP contribution is -2.43. The van der Waals surface area contributed by atoms with Crippen molar-refractivity contribution in [1.29, 1.82) is 0 Å². The minimum atomic E-state index is -0.536. The van der Waals surface area contributed by atoms with Gasteiger partial charge in [0.15, 0.2) is 0 Å². The van der Waals surface area contributed by atoms with E-state index in [0.29, 0.717) is 0 Å². The highest BCUT2D eigenvalue weighted by Gasteiger charge is 2.20. The molecule has 2 atom stereocenters. The lowest BCUT2D eigenvalue weighted by Gasteiger charge is -2.22. The molecular formula is C20H27N3O2. The summed E-state index contributed by atoms with van der Waals surface area (Å²) in [6.45, 7) is 4.33. The van der Waals surface area contributed by atoms with Crippen LogP contribution < -0.4 is 10.6 Å². The smallest absolute Gasteiger partial charge is 0.315 e. The molecular weight excluding hydrogens is 314 g/mol. The van der Waals surface area contributed by atoms with Gasteiger partial charge in [0.2, 0.25) is 0 Å². The van der Waals surface area contributed by atoms with Crippen molar-refractivity contribution < 1.29 is 9.90 Å². The summed E-state index contributed by atoms with van der Waals surface area (Å²) >= 11 is 0. The van der Waals surface area contributed by atoms with Crippen LogP contribution in [0, 0.1) is 5.92 Å². The molecule has 25 heavy (non-hydrogen) atoms. The Labute approximate surface area is 149 Å². The normalized spacial score (nSPS) is 13.3. The summed E-state index contributed by atoms with van der Waals surface area (Å²) in [5.74, 6) is 0.195. The molecule has 0 fully saturated rings. The number of aliphatic hydroxyl groups excluding tert-OH is 1. The number of carbonyl (C=O) groups is 1. The van der Waals surface area contributed by atoms with Crippen LogP contribution in [0.4, 0.5) is 4.79 Å². The average molecular weight is 341 g/mol. The van der Waals surface area contributed by atoms with Crippen molar-refractivity contribution in [2.75, 3.05) is 6.54 Å². The van der Waals surface area contributed by atoms with Crippen molar-refractivity contribution in [3.8, 4) is 0 Å². The van der Waals surface area contributed by atoms with Crippen LogP contribution in [0.1, 0.15) is 44.0 Å². The van der Waals surface area contributed by atoms with Gasteiger partial charge in [0.25, 0.3) is 0 Å². The second-order valence-corrected chi connectivity index (χ2v) is 6.10. The monoisotopic (exact) mass is 341 g/mol. The molecule has 0 aliphatic heterocycles. The van der Waals surface area contributed by atoms with E-state index >= 15 is 0 Å². The molecule has 1 aromatic carbocycles. The minimum absolute atomic E-state index is 0.195. The molecule has 2 aromatic rings.